The summed E-state index contributed by atoms with van der Waals surface area (Å²) in [4.78, 5) is 14.5. The molecule has 1 heterocycles. The van der Waals surface area contributed by atoms with Crippen molar-refractivity contribution in [1.29, 1.82) is 0 Å². The number of nitrogens with zero attached hydrogens (tertiary/aromatic N) is 1. The standard InChI is InChI=1S/C18H28N2O2/c1-15-5-3-11-20(13-15)14-16-6-8-17(9-7-16)18(21)19-10-4-12-22-2/h6-9,15H,3-5,10-14H2,1-2H3,(H,19,21)/t15-/m1/s1. The van der Waals surface area contributed by atoms with Gasteiger partial charge in [0.05, 0.1) is 0 Å². The molecule has 1 saturated heterocycles. The summed E-state index contributed by atoms with van der Waals surface area (Å²) in [6.45, 7) is 7.00. The van der Waals surface area contributed by atoms with E-state index in [1.165, 1.54) is 31.5 Å². The Hall–Kier alpha value is -1.39. The molecule has 4 nitrogen and oxygen atoms in total. The van der Waals surface area contributed by atoms with Crippen LogP contribution in [0.2, 0.25) is 0 Å². The fourth-order valence-electron chi connectivity index (χ4n) is 2.97. The van der Waals surface area contributed by atoms with Crippen molar-refractivity contribution < 1.29 is 9.53 Å². The Labute approximate surface area is 133 Å². The quantitative estimate of drug-likeness (QED) is 0.788. The Morgan fingerprint density at radius 2 is 2.14 bits per heavy atom. The Kier molecular flexibility index (Phi) is 6.87. The summed E-state index contributed by atoms with van der Waals surface area (Å²) in [5.74, 6) is 0.792. The van der Waals surface area contributed by atoms with Gasteiger partial charge in [-0.2, -0.15) is 0 Å². The van der Waals surface area contributed by atoms with Crippen molar-refractivity contribution in [2.45, 2.75) is 32.7 Å². The van der Waals surface area contributed by atoms with Crippen LogP contribution in [0.4, 0.5) is 0 Å². The predicted octanol–water partition coefficient (Wildman–Crippen LogP) is 2.68. The van der Waals surface area contributed by atoms with Crippen molar-refractivity contribution in [1.82, 2.24) is 10.2 Å². The third-order valence-corrected chi connectivity index (χ3v) is 4.17. The minimum Gasteiger partial charge on any atom is -0.385 e. The third kappa shape index (κ3) is 5.43. The zero-order valence-electron chi connectivity index (χ0n) is 13.8. The number of ether oxygens (including phenoxy) is 1. The van der Waals surface area contributed by atoms with Crippen molar-refractivity contribution in [2.75, 3.05) is 33.4 Å². The molecule has 1 aliphatic rings. The minimum absolute atomic E-state index is 0.00533. The van der Waals surface area contributed by atoms with E-state index in [0.29, 0.717) is 13.2 Å². The first kappa shape index (κ1) is 17.0. The second kappa shape index (κ2) is 8.91. The summed E-state index contributed by atoms with van der Waals surface area (Å²) in [5.41, 5.74) is 2.01. The van der Waals surface area contributed by atoms with Gasteiger partial charge in [0.15, 0.2) is 0 Å². The number of piperidine rings is 1. The number of nitrogens with one attached hydrogen (secondary N) is 1. The molecule has 1 aliphatic heterocycles. The summed E-state index contributed by atoms with van der Waals surface area (Å²) >= 11 is 0. The zero-order chi connectivity index (χ0) is 15.8. The average molecular weight is 304 g/mol. The maximum Gasteiger partial charge on any atom is 0.251 e. The first-order chi connectivity index (χ1) is 10.7. The molecule has 4 heteroatoms. The molecule has 0 saturated carbocycles. The average Bonchev–Trinajstić information content (AvgIpc) is 2.52. The summed E-state index contributed by atoms with van der Waals surface area (Å²) in [6, 6.07) is 8.00. The summed E-state index contributed by atoms with van der Waals surface area (Å²) < 4.78 is 4.97. The molecule has 0 radical (unpaired) electrons. The molecule has 0 aliphatic carbocycles. The molecule has 1 amide bonds. The van der Waals surface area contributed by atoms with E-state index >= 15 is 0 Å². The Balaban J connectivity index is 1.80. The number of amides is 1. The largest absolute Gasteiger partial charge is 0.385 e. The lowest BCUT2D eigenvalue weighted by Crippen LogP contribution is -2.33. The van der Waals surface area contributed by atoms with Gasteiger partial charge in [-0.3, -0.25) is 9.69 Å². The summed E-state index contributed by atoms with van der Waals surface area (Å²) in [7, 11) is 1.67. The molecular formula is C18H28N2O2. The van der Waals surface area contributed by atoms with Gasteiger partial charge in [-0.15, -0.1) is 0 Å². The van der Waals surface area contributed by atoms with Crippen LogP contribution in [0.25, 0.3) is 0 Å². The third-order valence-electron chi connectivity index (χ3n) is 4.17. The lowest BCUT2D eigenvalue weighted by atomic mass is 9.99. The first-order valence-electron chi connectivity index (χ1n) is 8.27. The van der Waals surface area contributed by atoms with E-state index in [2.05, 4.69) is 29.3 Å². The SMILES string of the molecule is COCCCNC(=O)c1ccc(CN2CCC[C@@H](C)C2)cc1. The monoisotopic (exact) mass is 304 g/mol. The molecule has 1 aromatic carbocycles. The van der Waals surface area contributed by atoms with E-state index in [1.54, 1.807) is 7.11 Å². The maximum atomic E-state index is 12.0. The van der Waals surface area contributed by atoms with E-state index < -0.39 is 0 Å². The van der Waals surface area contributed by atoms with Crippen molar-refractivity contribution in [3.05, 3.63) is 35.4 Å². The lowest BCUT2D eigenvalue weighted by Gasteiger charge is -2.30. The molecule has 22 heavy (non-hydrogen) atoms. The number of benzene rings is 1. The van der Waals surface area contributed by atoms with E-state index in [0.717, 1.165) is 24.4 Å². The number of likely N-dealkylation sites (tertiary alicyclic amines) is 1. The lowest BCUT2D eigenvalue weighted by molar-refractivity contribution is 0.0948. The highest BCUT2D eigenvalue weighted by Gasteiger charge is 2.16. The zero-order valence-corrected chi connectivity index (χ0v) is 13.8. The molecular weight excluding hydrogens is 276 g/mol. The van der Waals surface area contributed by atoms with E-state index in [-0.39, 0.29) is 5.91 Å². The highest BCUT2D eigenvalue weighted by atomic mass is 16.5. The highest BCUT2D eigenvalue weighted by molar-refractivity contribution is 5.94. The molecule has 122 valence electrons. The second-order valence-corrected chi connectivity index (χ2v) is 6.28. The van der Waals surface area contributed by atoms with Crippen LogP contribution in [-0.2, 0) is 11.3 Å². The summed E-state index contributed by atoms with van der Waals surface area (Å²) in [5, 5.41) is 2.91. The van der Waals surface area contributed by atoms with Crippen molar-refractivity contribution in [3.63, 3.8) is 0 Å². The highest BCUT2D eigenvalue weighted by Crippen LogP contribution is 2.18. The molecule has 2 rings (SSSR count). The first-order valence-corrected chi connectivity index (χ1v) is 8.27. The number of methoxy groups -OCH3 is 1. The maximum absolute atomic E-state index is 12.0. The van der Waals surface area contributed by atoms with Crippen molar-refractivity contribution in [3.8, 4) is 0 Å². The number of carbonyl (C=O) groups is 1. The van der Waals surface area contributed by atoms with Crippen LogP contribution in [-0.4, -0.2) is 44.2 Å². The fraction of sp³-hybridized carbons (Fsp3) is 0.611. The van der Waals surface area contributed by atoms with Gasteiger partial charge in [-0.25, -0.2) is 0 Å². The Bertz CT molecular complexity index is 459. The smallest absolute Gasteiger partial charge is 0.251 e. The second-order valence-electron chi connectivity index (χ2n) is 6.28. The number of hydrogen-bond donors (Lipinski definition) is 1. The van der Waals surface area contributed by atoms with Crippen LogP contribution in [0.15, 0.2) is 24.3 Å². The summed E-state index contributed by atoms with van der Waals surface area (Å²) in [6.07, 6.45) is 3.48. The Morgan fingerprint density at radius 1 is 1.36 bits per heavy atom. The van der Waals surface area contributed by atoms with Crippen LogP contribution in [0, 0.1) is 5.92 Å². The van der Waals surface area contributed by atoms with Gasteiger partial charge in [0, 0.05) is 38.9 Å². The van der Waals surface area contributed by atoms with Crippen LogP contribution >= 0.6 is 0 Å². The van der Waals surface area contributed by atoms with E-state index in [4.69, 9.17) is 4.74 Å². The molecule has 0 aromatic heterocycles. The van der Waals surface area contributed by atoms with Gasteiger partial charge < -0.3 is 10.1 Å². The van der Waals surface area contributed by atoms with Crippen LogP contribution in [0.3, 0.4) is 0 Å². The fourth-order valence-corrected chi connectivity index (χ4v) is 2.97. The van der Waals surface area contributed by atoms with Crippen LogP contribution in [0.5, 0.6) is 0 Å². The van der Waals surface area contributed by atoms with Gasteiger partial charge in [0.25, 0.3) is 5.91 Å². The molecule has 1 fully saturated rings. The van der Waals surface area contributed by atoms with Gasteiger partial charge in [-0.05, 0) is 49.4 Å². The van der Waals surface area contributed by atoms with Gasteiger partial charge in [0.2, 0.25) is 0 Å². The van der Waals surface area contributed by atoms with Gasteiger partial charge in [-0.1, -0.05) is 19.1 Å². The molecule has 0 bridgehead atoms. The predicted molar refractivity (Wildman–Crippen MR) is 88.9 cm³/mol. The molecule has 0 unspecified atom stereocenters. The topological polar surface area (TPSA) is 41.6 Å². The van der Waals surface area contributed by atoms with Crippen molar-refractivity contribution >= 4 is 5.91 Å². The minimum atomic E-state index is -0.00533. The van der Waals surface area contributed by atoms with E-state index in [1.807, 2.05) is 12.1 Å². The molecule has 1 aromatic rings. The van der Waals surface area contributed by atoms with Gasteiger partial charge in [0.1, 0.15) is 0 Å². The van der Waals surface area contributed by atoms with Gasteiger partial charge >= 0.3 is 0 Å². The number of rotatable bonds is 7. The number of carbonyl (C=O) groups excluding carboxylic acids is 1. The number of hydrogen-bond acceptors (Lipinski definition) is 3. The van der Waals surface area contributed by atoms with Crippen LogP contribution < -0.4 is 5.32 Å². The van der Waals surface area contributed by atoms with E-state index in [9.17, 15) is 4.79 Å². The Morgan fingerprint density at radius 3 is 2.82 bits per heavy atom. The molecule has 1 atom stereocenters. The molecule has 1 N–H and O–H groups in total. The normalized spacial score (nSPS) is 19.1. The van der Waals surface area contributed by atoms with Crippen molar-refractivity contribution in [2.24, 2.45) is 5.92 Å². The molecule has 0 spiro atoms. The van der Waals surface area contributed by atoms with Crippen LogP contribution in [0.1, 0.15) is 42.1 Å².